The summed E-state index contributed by atoms with van der Waals surface area (Å²) < 4.78 is 3.12. The van der Waals surface area contributed by atoms with E-state index in [2.05, 4.69) is 63.6 Å². The molecule has 0 fully saturated rings. The predicted molar refractivity (Wildman–Crippen MR) is 94.0 cm³/mol. The van der Waals surface area contributed by atoms with Crippen LogP contribution in [0.3, 0.4) is 0 Å². The van der Waals surface area contributed by atoms with Gasteiger partial charge in [0.1, 0.15) is 0 Å². The highest BCUT2D eigenvalue weighted by Gasteiger charge is 2.12. The van der Waals surface area contributed by atoms with E-state index in [0.717, 1.165) is 28.9 Å². The zero-order valence-electron chi connectivity index (χ0n) is 12.8. The average Bonchev–Trinajstić information content (AvgIpc) is 2.76. The standard InChI is InChI=1S/C16H22BrN3S/c1-4-18-14(10-15-9-12(2)19-20(15)3)11-21-16-7-5-13(17)6-8-16/h5-9,14,18H,4,10-11H2,1-3H3. The quantitative estimate of drug-likeness (QED) is 0.754. The number of halogens is 1. The van der Waals surface area contributed by atoms with Gasteiger partial charge in [-0.15, -0.1) is 11.8 Å². The first kappa shape index (κ1) is 16.6. The van der Waals surface area contributed by atoms with Crippen LogP contribution < -0.4 is 5.32 Å². The van der Waals surface area contributed by atoms with Crippen LogP contribution >= 0.6 is 27.7 Å². The van der Waals surface area contributed by atoms with E-state index in [1.165, 1.54) is 10.6 Å². The molecule has 114 valence electrons. The average molecular weight is 368 g/mol. The van der Waals surface area contributed by atoms with Crippen molar-refractivity contribution in [2.24, 2.45) is 7.05 Å². The number of aryl methyl sites for hydroxylation is 2. The van der Waals surface area contributed by atoms with Crippen LogP contribution in [0.15, 0.2) is 39.7 Å². The predicted octanol–water partition coefficient (Wildman–Crippen LogP) is 3.80. The molecule has 1 heterocycles. The Labute approximate surface area is 139 Å². The molecule has 0 bridgehead atoms. The fraction of sp³-hybridized carbons (Fsp3) is 0.438. The van der Waals surface area contributed by atoms with Crippen LogP contribution in [0.1, 0.15) is 18.3 Å². The van der Waals surface area contributed by atoms with Crippen molar-refractivity contribution < 1.29 is 0 Å². The summed E-state index contributed by atoms with van der Waals surface area (Å²) in [5, 5.41) is 8.01. The number of nitrogens with zero attached hydrogens (tertiary/aromatic N) is 2. The van der Waals surface area contributed by atoms with E-state index < -0.39 is 0 Å². The largest absolute Gasteiger partial charge is 0.313 e. The zero-order chi connectivity index (χ0) is 15.2. The minimum atomic E-state index is 0.457. The molecule has 0 saturated carbocycles. The Bertz CT molecular complexity index is 565. The highest BCUT2D eigenvalue weighted by Crippen LogP contribution is 2.22. The summed E-state index contributed by atoms with van der Waals surface area (Å²) in [6.07, 6.45) is 1.01. The monoisotopic (exact) mass is 367 g/mol. The van der Waals surface area contributed by atoms with E-state index in [4.69, 9.17) is 0 Å². The maximum atomic E-state index is 4.43. The highest BCUT2D eigenvalue weighted by atomic mass is 79.9. The Morgan fingerprint density at radius 3 is 2.62 bits per heavy atom. The van der Waals surface area contributed by atoms with Gasteiger partial charge in [-0.05, 0) is 43.8 Å². The lowest BCUT2D eigenvalue weighted by Gasteiger charge is -2.17. The van der Waals surface area contributed by atoms with E-state index in [1.807, 2.05) is 30.4 Å². The van der Waals surface area contributed by atoms with E-state index in [1.54, 1.807) is 0 Å². The van der Waals surface area contributed by atoms with Gasteiger partial charge in [-0.25, -0.2) is 0 Å². The van der Waals surface area contributed by atoms with Gasteiger partial charge in [0, 0.05) is 40.3 Å². The molecule has 2 aromatic rings. The van der Waals surface area contributed by atoms with Crippen molar-refractivity contribution in [3.8, 4) is 0 Å². The lowest BCUT2D eigenvalue weighted by Crippen LogP contribution is -2.33. The van der Waals surface area contributed by atoms with Gasteiger partial charge < -0.3 is 5.32 Å². The van der Waals surface area contributed by atoms with Crippen LogP contribution in [0.2, 0.25) is 0 Å². The normalized spacial score (nSPS) is 12.6. The van der Waals surface area contributed by atoms with Gasteiger partial charge in [0.05, 0.1) is 5.69 Å². The summed E-state index contributed by atoms with van der Waals surface area (Å²) in [6.45, 7) is 5.19. The van der Waals surface area contributed by atoms with Gasteiger partial charge in [0.2, 0.25) is 0 Å². The number of hydrogen-bond donors (Lipinski definition) is 1. The molecule has 1 aromatic heterocycles. The van der Waals surface area contributed by atoms with Crippen LogP contribution in [0.4, 0.5) is 0 Å². The number of likely N-dealkylation sites (N-methyl/N-ethyl adjacent to an activating group) is 1. The third-order valence-electron chi connectivity index (χ3n) is 3.31. The van der Waals surface area contributed by atoms with E-state index >= 15 is 0 Å². The molecule has 0 aliphatic heterocycles. The molecule has 0 saturated heterocycles. The lowest BCUT2D eigenvalue weighted by atomic mass is 10.1. The van der Waals surface area contributed by atoms with Gasteiger partial charge in [-0.2, -0.15) is 5.10 Å². The van der Waals surface area contributed by atoms with Crippen molar-refractivity contribution in [2.75, 3.05) is 12.3 Å². The minimum absolute atomic E-state index is 0.457. The first-order chi connectivity index (χ1) is 10.1. The molecule has 2 rings (SSSR count). The Morgan fingerprint density at radius 2 is 2.05 bits per heavy atom. The molecule has 0 spiro atoms. The van der Waals surface area contributed by atoms with Crippen LogP contribution in [0, 0.1) is 6.92 Å². The molecule has 1 unspecified atom stereocenters. The van der Waals surface area contributed by atoms with Crippen molar-refractivity contribution in [3.63, 3.8) is 0 Å². The summed E-state index contributed by atoms with van der Waals surface area (Å²) in [5.41, 5.74) is 2.37. The zero-order valence-corrected chi connectivity index (χ0v) is 15.2. The van der Waals surface area contributed by atoms with Gasteiger partial charge in [-0.1, -0.05) is 22.9 Å². The summed E-state index contributed by atoms with van der Waals surface area (Å²) in [4.78, 5) is 1.31. The summed E-state index contributed by atoms with van der Waals surface area (Å²) in [5.74, 6) is 1.06. The SMILES string of the molecule is CCNC(CSc1ccc(Br)cc1)Cc1cc(C)nn1C. The van der Waals surface area contributed by atoms with Crippen LogP contribution in [0.25, 0.3) is 0 Å². The molecule has 3 nitrogen and oxygen atoms in total. The Kier molecular flexibility index (Phi) is 6.33. The van der Waals surface area contributed by atoms with Crippen LogP contribution in [-0.4, -0.2) is 28.1 Å². The Morgan fingerprint density at radius 1 is 1.33 bits per heavy atom. The van der Waals surface area contributed by atoms with Crippen molar-refractivity contribution in [1.82, 2.24) is 15.1 Å². The van der Waals surface area contributed by atoms with Gasteiger partial charge in [-0.3, -0.25) is 4.68 Å². The third kappa shape index (κ3) is 5.16. The first-order valence-corrected chi connectivity index (χ1v) is 8.97. The third-order valence-corrected chi connectivity index (χ3v) is 5.02. The second-order valence-electron chi connectivity index (χ2n) is 5.12. The van der Waals surface area contributed by atoms with Crippen molar-refractivity contribution in [2.45, 2.75) is 31.2 Å². The minimum Gasteiger partial charge on any atom is -0.313 e. The fourth-order valence-electron chi connectivity index (χ4n) is 2.31. The molecule has 5 heteroatoms. The number of thioether (sulfide) groups is 1. The molecule has 1 aromatic carbocycles. The van der Waals surface area contributed by atoms with E-state index in [9.17, 15) is 0 Å². The van der Waals surface area contributed by atoms with Gasteiger partial charge in [0.15, 0.2) is 0 Å². The number of aromatic nitrogens is 2. The maximum absolute atomic E-state index is 4.43. The van der Waals surface area contributed by atoms with E-state index in [-0.39, 0.29) is 0 Å². The second-order valence-corrected chi connectivity index (χ2v) is 7.13. The smallest absolute Gasteiger partial charge is 0.0596 e. The topological polar surface area (TPSA) is 29.9 Å². The number of hydrogen-bond acceptors (Lipinski definition) is 3. The number of rotatable bonds is 7. The fourth-order valence-corrected chi connectivity index (χ4v) is 3.54. The summed E-state index contributed by atoms with van der Waals surface area (Å²) in [7, 11) is 2.02. The van der Waals surface area contributed by atoms with E-state index in [0.29, 0.717) is 6.04 Å². The number of benzene rings is 1. The van der Waals surface area contributed by atoms with Crippen LogP contribution in [-0.2, 0) is 13.5 Å². The van der Waals surface area contributed by atoms with Gasteiger partial charge >= 0.3 is 0 Å². The first-order valence-electron chi connectivity index (χ1n) is 7.19. The molecule has 0 amide bonds. The van der Waals surface area contributed by atoms with Crippen molar-refractivity contribution in [1.29, 1.82) is 0 Å². The molecule has 1 atom stereocenters. The summed E-state index contributed by atoms with van der Waals surface area (Å²) >= 11 is 5.37. The Hall–Kier alpha value is -0.780. The molecular formula is C16H22BrN3S. The molecule has 0 aliphatic carbocycles. The second kappa shape index (κ2) is 8.01. The highest BCUT2D eigenvalue weighted by molar-refractivity contribution is 9.10. The van der Waals surface area contributed by atoms with Gasteiger partial charge in [0.25, 0.3) is 0 Å². The lowest BCUT2D eigenvalue weighted by molar-refractivity contribution is 0.549. The molecule has 1 N–H and O–H groups in total. The maximum Gasteiger partial charge on any atom is 0.0596 e. The molecule has 0 radical (unpaired) electrons. The Balaban J connectivity index is 1.95. The molecule has 21 heavy (non-hydrogen) atoms. The molecular weight excluding hydrogens is 346 g/mol. The summed E-state index contributed by atoms with van der Waals surface area (Å²) in [6, 6.07) is 11.1. The molecule has 0 aliphatic rings. The van der Waals surface area contributed by atoms with Crippen molar-refractivity contribution >= 4 is 27.7 Å². The van der Waals surface area contributed by atoms with Crippen LogP contribution in [0.5, 0.6) is 0 Å². The van der Waals surface area contributed by atoms with Crippen molar-refractivity contribution in [3.05, 3.63) is 46.2 Å². The number of nitrogens with one attached hydrogen (secondary N) is 1.